The standard InChI is InChI=1S/C13H21N3O4/c1-8(2)5-6-14-10(17)7-15-11(18)12(19)16(9(3)4)13(15)20/h8-9H,5-7H2,1-4H3,(H,14,17). The summed E-state index contributed by atoms with van der Waals surface area (Å²) in [6, 6.07) is -1.14. The lowest BCUT2D eigenvalue weighted by atomic mass is 10.1. The van der Waals surface area contributed by atoms with Gasteiger partial charge in [-0.1, -0.05) is 13.8 Å². The first-order chi connectivity index (χ1) is 9.25. The van der Waals surface area contributed by atoms with Crippen LogP contribution in [0.4, 0.5) is 4.79 Å². The summed E-state index contributed by atoms with van der Waals surface area (Å²) in [5.41, 5.74) is 0. The monoisotopic (exact) mass is 283 g/mol. The third kappa shape index (κ3) is 3.55. The second-order valence-corrected chi connectivity index (χ2v) is 5.48. The van der Waals surface area contributed by atoms with E-state index in [4.69, 9.17) is 0 Å². The number of urea groups is 1. The van der Waals surface area contributed by atoms with Gasteiger partial charge in [0.2, 0.25) is 5.91 Å². The van der Waals surface area contributed by atoms with Crippen molar-refractivity contribution in [3.8, 4) is 0 Å². The third-order valence-electron chi connectivity index (χ3n) is 2.95. The molecule has 1 aliphatic heterocycles. The normalized spacial score (nSPS) is 15.8. The van der Waals surface area contributed by atoms with Gasteiger partial charge in [-0.05, 0) is 26.2 Å². The fraction of sp³-hybridized carbons (Fsp3) is 0.692. The maximum absolute atomic E-state index is 11.9. The van der Waals surface area contributed by atoms with Crippen molar-refractivity contribution in [1.29, 1.82) is 0 Å². The van der Waals surface area contributed by atoms with E-state index >= 15 is 0 Å². The van der Waals surface area contributed by atoms with Crippen LogP contribution in [0.2, 0.25) is 0 Å². The first kappa shape index (κ1) is 16.1. The van der Waals surface area contributed by atoms with Crippen molar-refractivity contribution < 1.29 is 19.2 Å². The molecule has 0 aliphatic carbocycles. The molecule has 0 unspecified atom stereocenters. The molecule has 7 nitrogen and oxygen atoms in total. The number of carbonyl (C=O) groups is 4. The second-order valence-electron chi connectivity index (χ2n) is 5.48. The number of nitrogens with zero attached hydrogens (tertiary/aromatic N) is 2. The van der Waals surface area contributed by atoms with Crippen LogP contribution in [0.25, 0.3) is 0 Å². The highest BCUT2D eigenvalue weighted by molar-refractivity contribution is 6.45. The molecule has 0 aromatic carbocycles. The lowest BCUT2D eigenvalue weighted by Crippen LogP contribution is -2.42. The Morgan fingerprint density at radius 1 is 1.10 bits per heavy atom. The molecule has 1 saturated heterocycles. The van der Waals surface area contributed by atoms with E-state index < -0.39 is 36.3 Å². The summed E-state index contributed by atoms with van der Waals surface area (Å²) in [6.45, 7) is 7.39. The Morgan fingerprint density at radius 3 is 2.15 bits per heavy atom. The van der Waals surface area contributed by atoms with Crippen LogP contribution in [0.1, 0.15) is 34.1 Å². The van der Waals surface area contributed by atoms with E-state index in [2.05, 4.69) is 5.32 Å². The smallest absolute Gasteiger partial charge is 0.334 e. The number of amides is 5. The minimum Gasteiger partial charge on any atom is -0.355 e. The summed E-state index contributed by atoms with van der Waals surface area (Å²) in [6.07, 6.45) is 0.810. The molecule has 0 bridgehead atoms. The Balaban J connectivity index is 2.59. The molecular weight excluding hydrogens is 262 g/mol. The summed E-state index contributed by atoms with van der Waals surface area (Å²) in [4.78, 5) is 48.5. The Hall–Kier alpha value is -1.92. The largest absolute Gasteiger partial charge is 0.355 e. The van der Waals surface area contributed by atoms with E-state index in [1.807, 2.05) is 13.8 Å². The predicted octanol–water partition coefficient (Wildman–Crippen LogP) is 0.348. The van der Waals surface area contributed by atoms with Gasteiger partial charge < -0.3 is 5.32 Å². The van der Waals surface area contributed by atoms with Crippen LogP contribution in [-0.4, -0.2) is 52.7 Å². The Bertz CT molecular complexity index is 431. The zero-order chi connectivity index (χ0) is 15.4. The van der Waals surface area contributed by atoms with Gasteiger partial charge in [-0.15, -0.1) is 0 Å². The topological polar surface area (TPSA) is 86.8 Å². The highest BCUT2D eigenvalue weighted by Crippen LogP contribution is 2.14. The van der Waals surface area contributed by atoms with Crippen LogP contribution in [-0.2, 0) is 14.4 Å². The number of hydrogen-bond donors (Lipinski definition) is 1. The average molecular weight is 283 g/mol. The molecule has 0 aromatic rings. The number of nitrogens with one attached hydrogen (secondary N) is 1. The van der Waals surface area contributed by atoms with Gasteiger partial charge in [0.05, 0.1) is 0 Å². The molecule has 1 aliphatic rings. The van der Waals surface area contributed by atoms with Gasteiger partial charge in [-0.2, -0.15) is 0 Å². The molecule has 1 fully saturated rings. The van der Waals surface area contributed by atoms with Crippen molar-refractivity contribution in [2.75, 3.05) is 13.1 Å². The van der Waals surface area contributed by atoms with Crippen LogP contribution < -0.4 is 5.32 Å². The molecule has 0 radical (unpaired) electrons. The van der Waals surface area contributed by atoms with E-state index in [0.717, 1.165) is 11.3 Å². The fourth-order valence-corrected chi connectivity index (χ4v) is 1.82. The molecule has 1 rings (SSSR count). The highest BCUT2D eigenvalue weighted by Gasteiger charge is 2.46. The van der Waals surface area contributed by atoms with Crippen molar-refractivity contribution >= 4 is 23.8 Å². The molecule has 1 N–H and O–H groups in total. The molecule has 112 valence electrons. The summed E-state index contributed by atoms with van der Waals surface area (Å²) in [5, 5.41) is 2.63. The Labute approximate surface area is 118 Å². The number of imide groups is 2. The molecule has 0 spiro atoms. The summed E-state index contributed by atoms with van der Waals surface area (Å²) >= 11 is 0. The van der Waals surface area contributed by atoms with Gasteiger partial charge in [-0.25, -0.2) is 9.69 Å². The SMILES string of the molecule is CC(C)CCNC(=O)CN1C(=O)C(=O)N(C(C)C)C1=O. The van der Waals surface area contributed by atoms with Gasteiger partial charge >= 0.3 is 17.8 Å². The second kappa shape index (κ2) is 6.49. The minimum absolute atomic E-state index is 0.409. The minimum atomic E-state index is -0.942. The van der Waals surface area contributed by atoms with Crippen molar-refractivity contribution in [1.82, 2.24) is 15.1 Å². The van der Waals surface area contributed by atoms with E-state index in [-0.39, 0.29) is 0 Å². The molecule has 0 atom stereocenters. The maximum atomic E-state index is 11.9. The van der Waals surface area contributed by atoms with E-state index in [1.54, 1.807) is 13.8 Å². The van der Waals surface area contributed by atoms with Gasteiger partial charge in [0.15, 0.2) is 0 Å². The summed E-state index contributed by atoms with van der Waals surface area (Å²) in [7, 11) is 0. The summed E-state index contributed by atoms with van der Waals surface area (Å²) < 4.78 is 0. The van der Waals surface area contributed by atoms with Crippen LogP contribution in [0.15, 0.2) is 0 Å². The van der Waals surface area contributed by atoms with Gasteiger partial charge in [-0.3, -0.25) is 19.3 Å². The first-order valence-corrected chi connectivity index (χ1v) is 6.71. The molecular formula is C13H21N3O4. The number of hydrogen-bond acceptors (Lipinski definition) is 4. The van der Waals surface area contributed by atoms with Crippen molar-refractivity contribution in [3.05, 3.63) is 0 Å². The highest BCUT2D eigenvalue weighted by atomic mass is 16.2. The zero-order valence-electron chi connectivity index (χ0n) is 12.3. The lowest BCUT2D eigenvalue weighted by molar-refractivity contribution is -0.144. The van der Waals surface area contributed by atoms with Crippen LogP contribution >= 0.6 is 0 Å². The third-order valence-corrected chi connectivity index (χ3v) is 2.95. The van der Waals surface area contributed by atoms with E-state index in [9.17, 15) is 19.2 Å². The molecule has 1 heterocycles. The van der Waals surface area contributed by atoms with Gasteiger partial charge in [0.25, 0.3) is 0 Å². The predicted molar refractivity (Wildman–Crippen MR) is 71.6 cm³/mol. The average Bonchev–Trinajstić information content (AvgIpc) is 2.53. The Kier molecular flexibility index (Phi) is 5.24. The zero-order valence-corrected chi connectivity index (χ0v) is 12.3. The van der Waals surface area contributed by atoms with Gasteiger partial charge in [0, 0.05) is 12.6 Å². The Morgan fingerprint density at radius 2 is 1.70 bits per heavy atom. The number of rotatable bonds is 6. The molecule has 0 saturated carbocycles. The molecule has 5 amide bonds. The van der Waals surface area contributed by atoms with E-state index in [1.165, 1.54) is 0 Å². The molecule has 20 heavy (non-hydrogen) atoms. The van der Waals surface area contributed by atoms with Crippen molar-refractivity contribution in [2.24, 2.45) is 5.92 Å². The molecule has 7 heteroatoms. The van der Waals surface area contributed by atoms with Gasteiger partial charge in [0.1, 0.15) is 6.54 Å². The first-order valence-electron chi connectivity index (χ1n) is 6.71. The van der Waals surface area contributed by atoms with Crippen LogP contribution in [0.3, 0.4) is 0 Å². The quantitative estimate of drug-likeness (QED) is 0.563. The van der Waals surface area contributed by atoms with Crippen LogP contribution in [0, 0.1) is 5.92 Å². The van der Waals surface area contributed by atoms with Crippen molar-refractivity contribution in [3.63, 3.8) is 0 Å². The van der Waals surface area contributed by atoms with Crippen LogP contribution in [0.5, 0.6) is 0 Å². The lowest BCUT2D eigenvalue weighted by Gasteiger charge is -2.18. The fourth-order valence-electron chi connectivity index (χ4n) is 1.82. The van der Waals surface area contributed by atoms with Crippen molar-refractivity contribution in [2.45, 2.75) is 40.2 Å². The number of carbonyl (C=O) groups excluding carboxylic acids is 4. The summed E-state index contributed by atoms with van der Waals surface area (Å²) in [5.74, 6) is -1.81. The molecule has 0 aromatic heterocycles. The van der Waals surface area contributed by atoms with E-state index in [0.29, 0.717) is 17.4 Å². The maximum Gasteiger partial charge on any atom is 0.334 e.